The van der Waals surface area contributed by atoms with Gasteiger partial charge >= 0.3 is 0 Å². The minimum absolute atomic E-state index is 0.0562. The number of carbonyl (C=O) groups is 1. The molecule has 136 valence electrons. The molecule has 0 saturated heterocycles. The molecule has 0 bridgehead atoms. The van der Waals surface area contributed by atoms with Crippen molar-refractivity contribution in [1.29, 1.82) is 0 Å². The molecule has 0 aliphatic heterocycles. The van der Waals surface area contributed by atoms with Crippen molar-refractivity contribution in [2.75, 3.05) is 25.5 Å². The summed E-state index contributed by atoms with van der Waals surface area (Å²) < 4.78 is 0. The van der Waals surface area contributed by atoms with Crippen LogP contribution in [0.4, 0.5) is 5.69 Å². The molecule has 0 N–H and O–H groups in total. The van der Waals surface area contributed by atoms with Gasteiger partial charge in [0.05, 0.1) is 5.69 Å². The van der Waals surface area contributed by atoms with Gasteiger partial charge in [-0.05, 0) is 43.0 Å². The number of hydrogen-bond donors (Lipinski definition) is 0. The highest BCUT2D eigenvalue weighted by Gasteiger charge is 2.21. The van der Waals surface area contributed by atoms with Crippen molar-refractivity contribution in [3.05, 3.63) is 57.2 Å². The molecule has 0 radical (unpaired) electrons. The first kappa shape index (κ1) is 18.6. The highest BCUT2D eigenvalue weighted by Crippen LogP contribution is 2.30. The molecule has 0 aliphatic carbocycles. The highest BCUT2D eigenvalue weighted by atomic mass is 32.1. The van der Waals surface area contributed by atoms with Crippen molar-refractivity contribution in [1.82, 2.24) is 9.88 Å². The van der Waals surface area contributed by atoms with E-state index in [4.69, 9.17) is 0 Å². The fraction of sp³-hybridized carbons (Fsp3) is 0.300. The van der Waals surface area contributed by atoms with E-state index in [1.807, 2.05) is 44.3 Å². The van der Waals surface area contributed by atoms with Gasteiger partial charge in [-0.1, -0.05) is 12.1 Å². The highest BCUT2D eigenvalue weighted by molar-refractivity contribution is 7.17. The van der Waals surface area contributed by atoms with Crippen molar-refractivity contribution in [3.63, 3.8) is 0 Å². The molecule has 0 atom stereocenters. The SMILES string of the molecule is CCN(Cc1ccc(N(C)C)cc1)C(=O)c1sc(-c2ccsc2)nc1C. The van der Waals surface area contributed by atoms with Gasteiger partial charge in [-0.15, -0.1) is 11.3 Å². The predicted octanol–water partition coefficient (Wildman–Crippen LogP) is 4.91. The lowest BCUT2D eigenvalue weighted by Crippen LogP contribution is -2.30. The lowest BCUT2D eigenvalue weighted by Gasteiger charge is -2.21. The first-order chi connectivity index (χ1) is 12.5. The molecule has 1 amide bonds. The summed E-state index contributed by atoms with van der Waals surface area (Å²) in [6.45, 7) is 5.20. The topological polar surface area (TPSA) is 36.4 Å². The van der Waals surface area contributed by atoms with Gasteiger partial charge in [0, 0.05) is 43.8 Å². The van der Waals surface area contributed by atoms with E-state index < -0.39 is 0 Å². The van der Waals surface area contributed by atoms with E-state index in [0.717, 1.165) is 32.4 Å². The summed E-state index contributed by atoms with van der Waals surface area (Å²) in [5.41, 5.74) is 4.18. The second-order valence-electron chi connectivity index (χ2n) is 6.33. The zero-order valence-electron chi connectivity index (χ0n) is 15.5. The van der Waals surface area contributed by atoms with Crippen LogP contribution in [0.3, 0.4) is 0 Å². The normalized spacial score (nSPS) is 10.8. The second-order valence-corrected chi connectivity index (χ2v) is 8.10. The molecule has 0 saturated carbocycles. The number of benzene rings is 1. The van der Waals surface area contributed by atoms with E-state index in [-0.39, 0.29) is 5.91 Å². The Hall–Kier alpha value is -2.18. The average molecular weight is 386 g/mol. The van der Waals surface area contributed by atoms with Crippen molar-refractivity contribution >= 4 is 34.3 Å². The molecule has 0 aliphatic rings. The molecule has 3 aromatic rings. The van der Waals surface area contributed by atoms with Crippen LogP contribution in [0.5, 0.6) is 0 Å². The van der Waals surface area contributed by atoms with Crippen LogP contribution in [-0.2, 0) is 6.54 Å². The van der Waals surface area contributed by atoms with Crippen LogP contribution in [-0.4, -0.2) is 36.4 Å². The first-order valence-electron chi connectivity index (χ1n) is 8.55. The van der Waals surface area contributed by atoms with Crippen LogP contribution in [0, 0.1) is 6.92 Å². The quantitative estimate of drug-likeness (QED) is 0.605. The molecular formula is C20H23N3OS2. The summed E-state index contributed by atoms with van der Waals surface area (Å²) in [7, 11) is 4.04. The Morgan fingerprint density at radius 2 is 1.88 bits per heavy atom. The van der Waals surface area contributed by atoms with E-state index in [1.54, 1.807) is 11.3 Å². The molecule has 26 heavy (non-hydrogen) atoms. The summed E-state index contributed by atoms with van der Waals surface area (Å²) in [6.07, 6.45) is 0. The Kier molecular flexibility index (Phi) is 5.74. The van der Waals surface area contributed by atoms with Gasteiger partial charge < -0.3 is 9.80 Å². The van der Waals surface area contributed by atoms with Gasteiger partial charge in [-0.25, -0.2) is 4.98 Å². The summed E-state index contributed by atoms with van der Waals surface area (Å²) in [6, 6.07) is 10.4. The van der Waals surface area contributed by atoms with E-state index in [2.05, 4.69) is 39.5 Å². The summed E-state index contributed by atoms with van der Waals surface area (Å²) in [4.78, 5) is 22.3. The summed E-state index contributed by atoms with van der Waals surface area (Å²) in [5.74, 6) is 0.0562. The number of thiophene rings is 1. The minimum atomic E-state index is 0.0562. The molecule has 1 aromatic carbocycles. The Morgan fingerprint density at radius 1 is 1.15 bits per heavy atom. The maximum Gasteiger partial charge on any atom is 0.266 e. The van der Waals surface area contributed by atoms with Crippen LogP contribution in [0.2, 0.25) is 0 Å². The maximum absolute atomic E-state index is 13.0. The van der Waals surface area contributed by atoms with E-state index >= 15 is 0 Å². The number of aromatic nitrogens is 1. The predicted molar refractivity (Wildman–Crippen MR) is 111 cm³/mol. The summed E-state index contributed by atoms with van der Waals surface area (Å²) >= 11 is 3.13. The number of anilines is 1. The lowest BCUT2D eigenvalue weighted by atomic mass is 10.2. The fourth-order valence-corrected chi connectivity index (χ4v) is 4.44. The molecule has 2 aromatic heterocycles. The monoisotopic (exact) mass is 385 g/mol. The van der Waals surface area contributed by atoms with Gasteiger partial charge in [0.25, 0.3) is 5.91 Å². The Morgan fingerprint density at radius 3 is 2.46 bits per heavy atom. The van der Waals surface area contributed by atoms with Crippen LogP contribution in [0.1, 0.15) is 27.9 Å². The smallest absolute Gasteiger partial charge is 0.266 e. The molecule has 0 spiro atoms. The molecule has 2 heterocycles. The number of carbonyl (C=O) groups excluding carboxylic acids is 1. The fourth-order valence-electron chi connectivity index (χ4n) is 2.70. The number of hydrogen-bond acceptors (Lipinski definition) is 5. The third-order valence-corrected chi connectivity index (χ3v) is 6.13. The lowest BCUT2D eigenvalue weighted by molar-refractivity contribution is 0.0756. The van der Waals surface area contributed by atoms with Crippen LogP contribution >= 0.6 is 22.7 Å². The second kappa shape index (κ2) is 8.01. The molecule has 0 fully saturated rings. The van der Waals surface area contributed by atoms with E-state index in [9.17, 15) is 4.79 Å². The van der Waals surface area contributed by atoms with E-state index in [1.165, 1.54) is 11.3 Å². The third kappa shape index (κ3) is 3.97. The minimum Gasteiger partial charge on any atom is -0.378 e. The molecule has 4 nitrogen and oxygen atoms in total. The van der Waals surface area contributed by atoms with Gasteiger partial charge in [-0.2, -0.15) is 11.3 Å². The number of amides is 1. The number of aryl methyl sites for hydroxylation is 1. The third-order valence-electron chi connectivity index (χ3n) is 4.25. The summed E-state index contributed by atoms with van der Waals surface area (Å²) in [5, 5.41) is 5.01. The van der Waals surface area contributed by atoms with Gasteiger partial charge in [0.2, 0.25) is 0 Å². The zero-order valence-corrected chi connectivity index (χ0v) is 17.2. The van der Waals surface area contributed by atoms with Gasteiger partial charge in [0.1, 0.15) is 9.88 Å². The van der Waals surface area contributed by atoms with Crippen molar-refractivity contribution in [3.8, 4) is 10.6 Å². The standard InChI is InChI=1S/C20H23N3OS2/c1-5-23(12-15-6-8-17(9-7-15)22(3)4)20(24)18-14(2)21-19(26-18)16-10-11-25-13-16/h6-11,13H,5,12H2,1-4H3. The van der Waals surface area contributed by atoms with Gasteiger partial charge in [-0.3, -0.25) is 4.79 Å². The Labute approximate surface area is 162 Å². The molecular weight excluding hydrogens is 362 g/mol. The molecule has 3 rings (SSSR count). The van der Waals surface area contributed by atoms with Crippen molar-refractivity contribution in [2.24, 2.45) is 0 Å². The van der Waals surface area contributed by atoms with Gasteiger partial charge in [0.15, 0.2) is 0 Å². The molecule has 6 heteroatoms. The molecule has 0 unspecified atom stereocenters. The Balaban J connectivity index is 1.78. The van der Waals surface area contributed by atoms with Crippen LogP contribution < -0.4 is 4.90 Å². The zero-order chi connectivity index (χ0) is 18.7. The van der Waals surface area contributed by atoms with Crippen molar-refractivity contribution < 1.29 is 4.79 Å². The number of rotatable bonds is 6. The van der Waals surface area contributed by atoms with Crippen molar-refractivity contribution in [2.45, 2.75) is 20.4 Å². The first-order valence-corrected chi connectivity index (χ1v) is 10.3. The largest absolute Gasteiger partial charge is 0.378 e. The number of thiazole rings is 1. The average Bonchev–Trinajstić information content (AvgIpc) is 3.29. The van der Waals surface area contributed by atoms with Crippen LogP contribution in [0.25, 0.3) is 10.6 Å². The van der Waals surface area contributed by atoms with Crippen LogP contribution in [0.15, 0.2) is 41.1 Å². The Bertz CT molecular complexity index is 867. The number of nitrogens with zero attached hydrogens (tertiary/aromatic N) is 3. The maximum atomic E-state index is 13.0. The van der Waals surface area contributed by atoms with E-state index in [0.29, 0.717) is 13.1 Å².